The van der Waals surface area contributed by atoms with Crippen LogP contribution in [0, 0.1) is 6.92 Å². The standard InChI is InChI=1S/C13H19NO2S/c1-10-4-3-5-12(6-10)11(2)7-14-13-8-17(15,16)9-13/h3-6,11,13-14H,7-9H2,1-2H3. The van der Waals surface area contributed by atoms with Crippen LogP contribution in [-0.2, 0) is 9.84 Å². The van der Waals surface area contributed by atoms with E-state index in [9.17, 15) is 8.42 Å². The molecule has 0 spiro atoms. The Bertz CT molecular complexity index is 484. The van der Waals surface area contributed by atoms with Crippen molar-refractivity contribution in [3.63, 3.8) is 0 Å². The highest BCUT2D eigenvalue weighted by atomic mass is 32.2. The molecule has 1 saturated heterocycles. The highest BCUT2D eigenvalue weighted by Gasteiger charge is 2.32. The van der Waals surface area contributed by atoms with Gasteiger partial charge < -0.3 is 5.32 Å². The maximum absolute atomic E-state index is 11.0. The lowest BCUT2D eigenvalue weighted by atomic mass is 9.99. The van der Waals surface area contributed by atoms with Gasteiger partial charge in [0.15, 0.2) is 9.84 Å². The second-order valence-electron chi connectivity index (χ2n) is 5.00. The van der Waals surface area contributed by atoms with Crippen molar-refractivity contribution >= 4 is 9.84 Å². The van der Waals surface area contributed by atoms with E-state index in [0.717, 1.165) is 6.54 Å². The molecular formula is C13H19NO2S. The summed E-state index contributed by atoms with van der Waals surface area (Å²) in [6.45, 7) is 5.08. The predicted molar refractivity (Wildman–Crippen MR) is 70.0 cm³/mol. The molecule has 2 rings (SSSR count). The minimum absolute atomic E-state index is 0.159. The van der Waals surface area contributed by atoms with Crippen molar-refractivity contribution in [2.24, 2.45) is 0 Å². The smallest absolute Gasteiger partial charge is 0.153 e. The fraction of sp³-hybridized carbons (Fsp3) is 0.538. The summed E-state index contributed by atoms with van der Waals surface area (Å²) in [6, 6.07) is 8.62. The number of hydrogen-bond donors (Lipinski definition) is 1. The van der Waals surface area contributed by atoms with E-state index in [4.69, 9.17) is 0 Å². The molecular weight excluding hydrogens is 234 g/mol. The van der Waals surface area contributed by atoms with Gasteiger partial charge in [-0.05, 0) is 18.4 Å². The third kappa shape index (κ3) is 3.30. The average Bonchev–Trinajstić information content (AvgIpc) is 2.23. The van der Waals surface area contributed by atoms with E-state index in [-0.39, 0.29) is 6.04 Å². The van der Waals surface area contributed by atoms with Gasteiger partial charge in [0.1, 0.15) is 0 Å². The number of nitrogens with one attached hydrogen (secondary N) is 1. The molecule has 0 saturated carbocycles. The largest absolute Gasteiger partial charge is 0.311 e. The molecule has 1 aromatic carbocycles. The first-order chi connectivity index (χ1) is 7.96. The SMILES string of the molecule is Cc1cccc(C(C)CNC2CS(=O)(=O)C2)c1. The first-order valence-electron chi connectivity index (χ1n) is 5.97. The molecule has 1 atom stereocenters. The van der Waals surface area contributed by atoms with Gasteiger partial charge in [-0.1, -0.05) is 36.8 Å². The van der Waals surface area contributed by atoms with Crippen molar-refractivity contribution in [3.05, 3.63) is 35.4 Å². The Hall–Kier alpha value is -0.870. The Morgan fingerprint density at radius 3 is 2.71 bits per heavy atom. The van der Waals surface area contributed by atoms with Crippen LogP contribution < -0.4 is 5.32 Å². The summed E-state index contributed by atoms with van der Waals surface area (Å²) in [5, 5.41) is 3.31. The number of benzene rings is 1. The van der Waals surface area contributed by atoms with Crippen molar-refractivity contribution in [3.8, 4) is 0 Å². The van der Waals surface area contributed by atoms with Crippen molar-refractivity contribution in [2.75, 3.05) is 18.1 Å². The molecule has 1 aliphatic rings. The van der Waals surface area contributed by atoms with E-state index in [0.29, 0.717) is 17.4 Å². The molecule has 94 valence electrons. The minimum Gasteiger partial charge on any atom is -0.311 e. The Labute approximate surface area is 103 Å². The van der Waals surface area contributed by atoms with Gasteiger partial charge in [0.05, 0.1) is 11.5 Å². The third-order valence-electron chi connectivity index (χ3n) is 3.23. The molecule has 0 aromatic heterocycles. The van der Waals surface area contributed by atoms with Gasteiger partial charge in [-0.15, -0.1) is 0 Å². The van der Waals surface area contributed by atoms with Crippen LogP contribution in [-0.4, -0.2) is 32.5 Å². The van der Waals surface area contributed by atoms with Gasteiger partial charge in [-0.2, -0.15) is 0 Å². The minimum atomic E-state index is -2.71. The van der Waals surface area contributed by atoms with E-state index in [1.165, 1.54) is 11.1 Å². The topological polar surface area (TPSA) is 46.2 Å². The lowest BCUT2D eigenvalue weighted by Gasteiger charge is -2.28. The zero-order chi connectivity index (χ0) is 12.5. The van der Waals surface area contributed by atoms with Crippen LogP contribution in [0.15, 0.2) is 24.3 Å². The fourth-order valence-corrected chi connectivity index (χ4v) is 3.48. The molecule has 0 amide bonds. The van der Waals surface area contributed by atoms with Crippen LogP contribution in [0.2, 0.25) is 0 Å². The highest BCUT2D eigenvalue weighted by Crippen LogP contribution is 2.17. The lowest BCUT2D eigenvalue weighted by Crippen LogP contribution is -2.51. The van der Waals surface area contributed by atoms with E-state index in [2.05, 4.69) is 43.4 Å². The molecule has 1 fully saturated rings. The summed E-state index contributed by atoms with van der Waals surface area (Å²) in [6.07, 6.45) is 0. The second kappa shape index (κ2) is 4.78. The monoisotopic (exact) mass is 253 g/mol. The van der Waals surface area contributed by atoms with Gasteiger partial charge >= 0.3 is 0 Å². The Morgan fingerprint density at radius 1 is 1.41 bits per heavy atom. The number of rotatable bonds is 4. The van der Waals surface area contributed by atoms with Crippen LogP contribution in [0.3, 0.4) is 0 Å². The van der Waals surface area contributed by atoms with Crippen LogP contribution in [0.1, 0.15) is 24.0 Å². The van der Waals surface area contributed by atoms with Gasteiger partial charge in [-0.25, -0.2) is 8.42 Å². The Balaban J connectivity index is 1.84. The number of hydrogen-bond acceptors (Lipinski definition) is 3. The zero-order valence-corrected chi connectivity index (χ0v) is 11.1. The maximum atomic E-state index is 11.0. The van der Waals surface area contributed by atoms with Crippen LogP contribution in [0.5, 0.6) is 0 Å². The van der Waals surface area contributed by atoms with Crippen molar-refractivity contribution < 1.29 is 8.42 Å². The first kappa shape index (κ1) is 12.6. The number of sulfone groups is 1. The maximum Gasteiger partial charge on any atom is 0.153 e. The van der Waals surface area contributed by atoms with E-state index < -0.39 is 9.84 Å². The molecule has 1 unspecified atom stereocenters. The highest BCUT2D eigenvalue weighted by molar-refractivity contribution is 7.92. The summed E-state index contributed by atoms with van der Waals surface area (Å²) in [5.41, 5.74) is 2.57. The fourth-order valence-electron chi connectivity index (χ4n) is 2.12. The molecule has 0 bridgehead atoms. The van der Waals surface area contributed by atoms with Gasteiger partial charge in [0, 0.05) is 12.6 Å². The van der Waals surface area contributed by atoms with E-state index in [1.807, 2.05) is 0 Å². The lowest BCUT2D eigenvalue weighted by molar-refractivity contribution is 0.497. The number of aryl methyl sites for hydroxylation is 1. The molecule has 0 radical (unpaired) electrons. The normalized spacial score (nSPS) is 20.8. The summed E-state index contributed by atoms with van der Waals surface area (Å²) in [4.78, 5) is 0. The van der Waals surface area contributed by atoms with Crippen molar-refractivity contribution in [1.82, 2.24) is 5.32 Å². The van der Waals surface area contributed by atoms with Crippen LogP contribution in [0.4, 0.5) is 0 Å². The molecule has 1 N–H and O–H groups in total. The molecule has 4 heteroatoms. The molecule has 1 aromatic rings. The van der Waals surface area contributed by atoms with Crippen LogP contribution in [0.25, 0.3) is 0 Å². The molecule has 0 aliphatic carbocycles. The Morgan fingerprint density at radius 2 is 2.12 bits per heavy atom. The zero-order valence-electron chi connectivity index (χ0n) is 10.3. The quantitative estimate of drug-likeness (QED) is 0.884. The molecule has 17 heavy (non-hydrogen) atoms. The summed E-state index contributed by atoms with van der Waals surface area (Å²) >= 11 is 0. The second-order valence-corrected chi connectivity index (χ2v) is 7.15. The third-order valence-corrected chi connectivity index (χ3v) is 5.05. The molecule has 1 heterocycles. The van der Waals surface area contributed by atoms with E-state index >= 15 is 0 Å². The molecule has 1 aliphatic heterocycles. The summed E-state index contributed by atoms with van der Waals surface area (Å²) in [5.74, 6) is 1.01. The van der Waals surface area contributed by atoms with E-state index in [1.54, 1.807) is 0 Å². The Kier molecular flexibility index (Phi) is 3.54. The summed E-state index contributed by atoms with van der Waals surface area (Å²) < 4.78 is 22.0. The predicted octanol–water partition coefficient (Wildman–Crippen LogP) is 1.49. The van der Waals surface area contributed by atoms with Crippen molar-refractivity contribution in [1.29, 1.82) is 0 Å². The van der Waals surface area contributed by atoms with Crippen molar-refractivity contribution in [2.45, 2.75) is 25.8 Å². The van der Waals surface area contributed by atoms with Crippen LogP contribution >= 0.6 is 0 Å². The summed E-state index contributed by atoms with van der Waals surface area (Å²) in [7, 11) is -2.71. The van der Waals surface area contributed by atoms with Gasteiger partial charge in [-0.3, -0.25) is 0 Å². The molecule has 3 nitrogen and oxygen atoms in total. The van der Waals surface area contributed by atoms with Gasteiger partial charge in [0.25, 0.3) is 0 Å². The first-order valence-corrected chi connectivity index (χ1v) is 7.79. The van der Waals surface area contributed by atoms with Gasteiger partial charge in [0.2, 0.25) is 0 Å². The average molecular weight is 253 g/mol.